The molecule has 0 heterocycles. The number of halogens is 3. The van der Waals surface area contributed by atoms with E-state index in [0.717, 1.165) is 30.5 Å². The lowest BCUT2D eigenvalue weighted by molar-refractivity contribution is -0.142. The Morgan fingerprint density at radius 3 is 2.45 bits per heavy atom. The van der Waals surface area contributed by atoms with Crippen molar-refractivity contribution in [1.29, 1.82) is 0 Å². The van der Waals surface area contributed by atoms with Crippen molar-refractivity contribution < 1.29 is 22.7 Å². The fraction of sp³-hybridized carbons (Fsp3) is 0.562. The number of methoxy groups -OCH3 is 1. The minimum atomic E-state index is -4.33. The van der Waals surface area contributed by atoms with Crippen LogP contribution in [0, 0.1) is 5.92 Å². The Bertz CT molecular complexity index is 513. The highest BCUT2D eigenvalue weighted by molar-refractivity contribution is 5.69. The summed E-state index contributed by atoms with van der Waals surface area (Å²) in [5.41, 5.74) is 6.26. The molecule has 122 valence electrons. The first-order valence-corrected chi connectivity index (χ1v) is 7.30. The van der Waals surface area contributed by atoms with Gasteiger partial charge in [-0.3, -0.25) is 4.79 Å². The van der Waals surface area contributed by atoms with Crippen molar-refractivity contribution in [1.82, 2.24) is 0 Å². The molecule has 22 heavy (non-hydrogen) atoms. The van der Waals surface area contributed by atoms with Gasteiger partial charge >= 0.3 is 12.1 Å². The summed E-state index contributed by atoms with van der Waals surface area (Å²) < 4.78 is 42.5. The van der Waals surface area contributed by atoms with Gasteiger partial charge in [0.25, 0.3) is 0 Å². The first kappa shape index (κ1) is 16.8. The number of esters is 1. The normalized spacial score (nSPS) is 25.8. The van der Waals surface area contributed by atoms with E-state index >= 15 is 0 Å². The van der Waals surface area contributed by atoms with Gasteiger partial charge in [-0.25, -0.2) is 0 Å². The minimum absolute atomic E-state index is 0.0225. The van der Waals surface area contributed by atoms with E-state index < -0.39 is 11.7 Å². The monoisotopic (exact) mass is 315 g/mol. The summed E-state index contributed by atoms with van der Waals surface area (Å²) in [7, 11) is 1.35. The van der Waals surface area contributed by atoms with E-state index in [2.05, 4.69) is 4.74 Å². The van der Waals surface area contributed by atoms with Gasteiger partial charge in [-0.15, -0.1) is 0 Å². The maximum absolute atomic E-state index is 12.6. The van der Waals surface area contributed by atoms with E-state index in [4.69, 9.17) is 5.73 Å². The summed E-state index contributed by atoms with van der Waals surface area (Å²) in [5, 5.41) is 0. The van der Waals surface area contributed by atoms with Gasteiger partial charge in [0.1, 0.15) is 0 Å². The molecule has 0 radical (unpaired) electrons. The number of alkyl halides is 3. The maximum atomic E-state index is 12.6. The summed E-state index contributed by atoms with van der Waals surface area (Å²) in [6.45, 7) is 0. The van der Waals surface area contributed by atoms with Crippen LogP contribution in [0.5, 0.6) is 0 Å². The molecule has 2 N–H and O–H groups in total. The fourth-order valence-corrected chi connectivity index (χ4v) is 3.09. The van der Waals surface area contributed by atoms with Gasteiger partial charge in [-0.2, -0.15) is 13.2 Å². The Labute approximate surface area is 127 Å². The second-order valence-electron chi connectivity index (χ2n) is 5.85. The fourth-order valence-electron chi connectivity index (χ4n) is 3.09. The second-order valence-corrected chi connectivity index (χ2v) is 5.85. The molecule has 0 aromatic heterocycles. The highest BCUT2D eigenvalue weighted by Gasteiger charge is 2.33. The largest absolute Gasteiger partial charge is 0.469 e. The predicted octanol–water partition coefficient (Wildman–Crippen LogP) is 3.48. The summed E-state index contributed by atoms with van der Waals surface area (Å²) in [5.74, 6) is -0.114. The Balaban J connectivity index is 2.10. The van der Waals surface area contributed by atoms with Crippen molar-refractivity contribution in [2.24, 2.45) is 11.7 Å². The van der Waals surface area contributed by atoms with Crippen LogP contribution in [-0.4, -0.2) is 19.1 Å². The molecule has 1 aliphatic carbocycles. The molecule has 1 saturated carbocycles. The van der Waals surface area contributed by atoms with E-state index in [-0.39, 0.29) is 23.8 Å². The minimum Gasteiger partial charge on any atom is -0.469 e. The number of nitrogens with two attached hydrogens (primary N) is 1. The van der Waals surface area contributed by atoms with Crippen molar-refractivity contribution >= 4 is 5.97 Å². The first-order chi connectivity index (χ1) is 10.3. The molecule has 1 aromatic rings. The zero-order valence-electron chi connectivity index (χ0n) is 12.4. The molecule has 1 aliphatic rings. The highest BCUT2D eigenvalue weighted by atomic mass is 19.4. The highest BCUT2D eigenvalue weighted by Crippen LogP contribution is 2.38. The van der Waals surface area contributed by atoms with Crippen LogP contribution in [0.25, 0.3) is 0 Å². The van der Waals surface area contributed by atoms with Crippen LogP contribution in [0.4, 0.5) is 13.2 Å². The molecule has 6 heteroatoms. The van der Waals surface area contributed by atoms with Crippen LogP contribution in [0.1, 0.15) is 42.7 Å². The van der Waals surface area contributed by atoms with Gasteiger partial charge in [-0.1, -0.05) is 12.1 Å². The molecule has 0 unspecified atom stereocenters. The number of ether oxygens (including phenoxy) is 1. The van der Waals surface area contributed by atoms with Crippen LogP contribution in [0.2, 0.25) is 0 Å². The third-order valence-electron chi connectivity index (χ3n) is 4.36. The lowest BCUT2D eigenvalue weighted by Gasteiger charge is -2.34. The summed E-state index contributed by atoms with van der Waals surface area (Å²) in [6.07, 6.45) is -1.70. The van der Waals surface area contributed by atoms with Gasteiger partial charge in [0.2, 0.25) is 0 Å². The smallest absolute Gasteiger partial charge is 0.416 e. The molecule has 0 spiro atoms. The topological polar surface area (TPSA) is 52.3 Å². The molecular formula is C16H20F3NO2. The van der Waals surface area contributed by atoms with Gasteiger partial charge in [0.15, 0.2) is 0 Å². The summed E-state index contributed by atoms with van der Waals surface area (Å²) >= 11 is 0. The standard InChI is InChI=1S/C16H20F3NO2/c1-22-15(21)9-10-2-7-14(20)13(8-10)11-3-5-12(6-4-11)16(17,18)19/h3-6,10,13-14H,2,7-9,20H2,1H3/t10-,13+,14+/m0/s1. The number of carbonyl (C=O) groups is 1. The van der Waals surface area contributed by atoms with Crippen LogP contribution >= 0.6 is 0 Å². The first-order valence-electron chi connectivity index (χ1n) is 7.30. The van der Waals surface area contributed by atoms with E-state index in [0.29, 0.717) is 12.8 Å². The number of carbonyl (C=O) groups excluding carboxylic acids is 1. The predicted molar refractivity (Wildman–Crippen MR) is 76.1 cm³/mol. The Hall–Kier alpha value is -1.56. The zero-order valence-corrected chi connectivity index (χ0v) is 12.4. The van der Waals surface area contributed by atoms with Crippen molar-refractivity contribution in [2.75, 3.05) is 7.11 Å². The number of benzene rings is 1. The summed E-state index contributed by atoms with van der Waals surface area (Å²) in [4.78, 5) is 11.4. The van der Waals surface area contributed by atoms with Crippen molar-refractivity contribution in [3.05, 3.63) is 35.4 Å². The number of rotatable bonds is 3. The van der Waals surface area contributed by atoms with Gasteiger partial charge in [0.05, 0.1) is 12.7 Å². The van der Waals surface area contributed by atoms with E-state index in [1.54, 1.807) is 0 Å². The van der Waals surface area contributed by atoms with Gasteiger partial charge in [0, 0.05) is 12.5 Å². The molecule has 0 aliphatic heterocycles. The number of hydrogen-bond donors (Lipinski definition) is 1. The van der Waals surface area contributed by atoms with Crippen LogP contribution < -0.4 is 5.73 Å². The molecule has 0 bridgehead atoms. The van der Waals surface area contributed by atoms with Crippen LogP contribution in [0.3, 0.4) is 0 Å². The molecule has 0 amide bonds. The van der Waals surface area contributed by atoms with Crippen molar-refractivity contribution in [3.8, 4) is 0 Å². The van der Waals surface area contributed by atoms with Gasteiger partial charge in [-0.05, 0) is 48.8 Å². The second kappa shape index (κ2) is 6.69. The molecule has 1 aromatic carbocycles. The molecule has 2 rings (SSSR count). The summed E-state index contributed by atoms with van der Waals surface area (Å²) in [6, 6.07) is 5.07. The van der Waals surface area contributed by atoms with E-state index in [1.807, 2.05) is 0 Å². The third kappa shape index (κ3) is 4.00. The SMILES string of the molecule is COC(=O)C[C@H]1CC[C@@H](N)[C@@H](c2ccc(C(F)(F)F)cc2)C1. The van der Waals surface area contributed by atoms with Crippen LogP contribution in [-0.2, 0) is 15.7 Å². The molecule has 3 nitrogen and oxygen atoms in total. The van der Waals surface area contributed by atoms with Crippen molar-refractivity contribution in [3.63, 3.8) is 0 Å². The van der Waals surface area contributed by atoms with Crippen LogP contribution in [0.15, 0.2) is 24.3 Å². The van der Waals surface area contributed by atoms with E-state index in [1.165, 1.54) is 19.2 Å². The third-order valence-corrected chi connectivity index (χ3v) is 4.36. The molecular weight excluding hydrogens is 295 g/mol. The molecule has 3 atom stereocenters. The number of hydrogen-bond acceptors (Lipinski definition) is 3. The molecule has 0 saturated heterocycles. The average molecular weight is 315 g/mol. The Morgan fingerprint density at radius 1 is 1.27 bits per heavy atom. The average Bonchev–Trinajstić information content (AvgIpc) is 2.48. The van der Waals surface area contributed by atoms with E-state index in [9.17, 15) is 18.0 Å². The molecule has 1 fully saturated rings. The quantitative estimate of drug-likeness (QED) is 0.869. The van der Waals surface area contributed by atoms with Crippen molar-refractivity contribution in [2.45, 2.75) is 43.8 Å². The Morgan fingerprint density at radius 2 is 1.91 bits per heavy atom. The lowest BCUT2D eigenvalue weighted by atomic mass is 9.74. The van der Waals surface area contributed by atoms with Gasteiger partial charge < -0.3 is 10.5 Å². The maximum Gasteiger partial charge on any atom is 0.416 e. The zero-order chi connectivity index (χ0) is 16.3. The lowest BCUT2D eigenvalue weighted by Crippen LogP contribution is -2.35. The Kier molecular flexibility index (Phi) is 5.11.